The van der Waals surface area contributed by atoms with Gasteiger partial charge in [-0.25, -0.2) is 0 Å². The minimum Gasteiger partial charge on any atom is -0.491 e. The zero-order valence-electron chi connectivity index (χ0n) is 10.7. The topological polar surface area (TPSA) is 38.5 Å². The number of nitrogens with two attached hydrogens (primary N) is 1. The number of ether oxygens (including phenoxy) is 1. The van der Waals surface area contributed by atoms with E-state index < -0.39 is 0 Å². The van der Waals surface area contributed by atoms with Crippen molar-refractivity contribution in [2.45, 2.75) is 19.4 Å². The number of halogens is 1. The molecule has 96 valence electrons. The molecule has 3 nitrogen and oxygen atoms in total. The Morgan fingerprint density at radius 2 is 2.12 bits per heavy atom. The first-order valence-corrected chi connectivity index (χ1v) is 6.18. The molecule has 0 spiro atoms. The minimum absolute atomic E-state index is 0.145. The van der Waals surface area contributed by atoms with Gasteiger partial charge in [-0.2, -0.15) is 0 Å². The van der Waals surface area contributed by atoms with Gasteiger partial charge in [0.1, 0.15) is 12.4 Å². The van der Waals surface area contributed by atoms with Crippen molar-refractivity contribution in [3.05, 3.63) is 28.8 Å². The standard InChI is InChI=1S/C13H21ClN2O/c1-10(15)8-11-4-5-13(12(14)9-11)17-7-6-16(2)3/h4-5,9-10H,6-8,15H2,1-3H3. The lowest BCUT2D eigenvalue weighted by molar-refractivity contribution is 0.261. The smallest absolute Gasteiger partial charge is 0.137 e. The zero-order chi connectivity index (χ0) is 12.8. The maximum atomic E-state index is 6.15. The fraction of sp³-hybridized carbons (Fsp3) is 0.538. The molecule has 1 aromatic carbocycles. The van der Waals surface area contributed by atoms with Crippen LogP contribution in [0.4, 0.5) is 0 Å². The molecule has 0 saturated heterocycles. The van der Waals surface area contributed by atoms with Crippen LogP contribution in [0.1, 0.15) is 12.5 Å². The molecule has 0 heterocycles. The van der Waals surface area contributed by atoms with Gasteiger partial charge in [-0.3, -0.25) is 0 Å². The van der Waals surface area contributed by atoms with Gasteiger partial charge >= 0.3 is 0 Å². The van der Waals surface area contributed by atoms with Gasteiger partial charge in [0.15, 0.2) is 0 Å². The first-order chi connectivity index (χ1) is 7.99. The van der Waals surface area contributed by atoms with Gasteiger partial charge in [-0.15, -0.1) is 0 Å². The second kappa shape index (κ2) is 6.84. The number of rotatable bonds is 6. The summed E-state index contributed by atoms with van der Waals surface area (Å²) in [6.45, 7) is 3.49. The Bertz CT molecular complexity index is 353. The molecule has 2 N–H and O–H groups in total. The lowest BCUT2D eigenvalue weighted by Gasteiger charge is -2.13. The Morgan fingerprint density at radius 1 is 1.41 bits per heavy atom. The van der Waals surface area contributed by atoms with Crippen molar-refractivity contribution in [1.29, 1.82) is 0 Å². The van der Waals surface area contributed by atoms with E-state index in [0.29, 0.717) is 11.6 Å². The maximum Gasteiger partial charge on any atom is 0.137 e. The Labute approximate surface area is 109 Å². The molecule has 17 heavy (non-hydrogen) atoms. The van der Waals surface area contributed by atoms with Crippen LogP contribution in [0.25, 0.3) is 0 Å². The van der Waals surface area contributed by atoms with E-state index in [9.17, 15) is 0 Å². The van der Waals surface area contributed by atoms with Crippen LogP contribution in [0.15, 0.2) is 18.2 Å². The van der Waals surface area contributed by atoms with E-state index in [2.05, 4.69) is 4.90 Å². The fourth-order valence-corrected chi connectivity index (χ4v) is 1.76. The Morgan fingerprint density at radius 3 is 2.65 bits per heavy atom. The monoisotopic (exact) mass is 256 g/mol. The van der Waals surface area contributed by atoms with Crippen molar-refractivity contribution in [1.82, 2.24) is 4.90 Å². The summed E-state index contributed by atoms with van der Waals surface area (Å²) < 4.78 is 5.60. The molecule has 4 heteroatoms. The zero-order valence-corrected chi connectivity index (χ0v) is 11.5. The van der Waals surface area contributed by atoms with Gasteiger partial charge in [0.05, 0.1) is 5.02 Å². The molecule has 0 fully saturated rings. The molecule has 1 unspecified atom stereocenters. The van der Waals surface area contributed by atoms with Crippen LogP contribution in [0.5, 0.6) is 5.75 Å². The summed E-state index contributed by atoms with van der Waals surface area (Å²) >= 11 is 6.15. The number of hydrogen-bond acceptors (Lipinski definition) is 3. The molecule has 0 aliphatic heterocycles. The number of nitrogens with zero attached hydrogens (tertiary/aromatic N) is 1. The average molecular weight is 257 g/mol. The van der Waals surface area contributed by atoms with Crippen molar-refractivity contribution in [2.24, 2.45) is 5.73 Å². The molecule has 1 aromatic rings. The highest BCUT2D eigenvalue weighted by Crippen LogP contribution is 2.25. The van der Waals surface area contributed by atoms with Crippen molar-refractivity contribution >= 4 is 11.6 Å². The van der Waals surface area contributed by atoms with Gasteiger partial charge in [0.25, 0.3) is 0 Å². The van der Waals surface area contributed by atoms with Crippen LogP contribution in [0.2, 0.25) is 5.02 Å². The third kappa shape index (κ3) is 5.39. The van der Waals surface area contributed by atoms with Crippen LogP contribution in [-0.4, -0.2) is 38.2 Å². The van der Waals surface area contributed by atoms with Crippen molar-refractivity contribution in [2.75, 3.05) is 27.2 Å². The fourth-order valence-electron chi connectivity index (χ4n) is 1.50. The molecular formula is C13H21ClN2O. The summed E-state index contributed by atoms with van der Waals surface area (Å²) in [6.07, 6.45) is 0.831. The Hall–Kier alpha value is -0.770. The molecule has 0 amide bonds. The third-order valence-corrected chi connectivity index (χ3v) is 2.65. The van der Waals surface area contributed by atoms with E-state index in [4.69, 9.17) is 22.1 Å². The first-order valence-electron chi connectivity index (χ1n) is 5.80. The highest BCUT2D eigenvalue weighted by atomic mass is 35.5. The summed E-state index contributed by atoms with van der Waals surface area (Å²) in [5.41, 5.74) is 6.89. The second-order valence-electron chi connectivity index (χ2n) is 4.60. The van der Waals surface area contributed by atoms with E-state index in [0.717, 1.165) is 24.3 Å². The van der Waals surface area contributed by atoms with Gasteiger partial charge in [-0.05, 0) is 45.1 Å². The minimum atomic E-state index is 0.145. The quantitative estimate of drug-likeness (QED) is 0.848. The molecule has 0 aliphatic rings. The highest BCUT2D eigenvalue weighted by Gasteiger charge is 2.05. The lowest BCUT2D eigenvalue weighted by Crippen LogP contribution is -2.19. The van der Waals surface area contributed by atoms with Crippen molar-refractivity contribution in [3.63, 3.8) is 0 Å². The maximum absolute atomic E-state index is 6.15. The van der Waals surface area contributed by atoms with E-state index in [-0.39, 0.29) is 6.04 Å². The van der Waals surface area contributed by atoms with Gasteiger partial charge in [0.2, 0.25) is 0 Å². The summed E-state index contributed by atoms with van der Waals surface area (Å²) in [7, 11) is 4.02. The second-order valence-corrected chi connectivity index (χ2v) is 5.01. The van der Waals surface area contributed by atoms with Crippen molar-refractivity contribution in [3.8, 4) is 5.75 Å². The molecule has 0 aromatic heterocycles. The Kier molecular flexibility index (Phi) is 5.75. The average Bonchev–Trinajstić information content (AvgIpc) is 2.20. The van der Waals surface area contributed by atoms with Crippen LogP contribution in [0.3, 0.4) is 0 Å². The summed E-state index contributed by atoms with van der Waals surface area (Å²) in [5.74, 6) is 0.738. The van der Waals surface area contributed by atoms with Gasteiger partial charge < -0.3 is 15.4 Å². The van der Waals surface area contributed by atoms with E-state index in [1.54, 1.807) is 0 Å². The molecule has 0 aliphatic carbocycles. The summed E-state index contributed by atoms with van der Waals surface area (Å²) in [5, 5.41) is 0.655. The number of hydrogen-bond donors (Lipinski definition) is 1. The van der Waals surface area contributed by atoms with E-state index in [1.165, 1.54) is 0 Å². The predicted octanol–water partition coefficient (Wildman–Crippen LogP) is 2.17. The molecule has 1 atom stereocenters. The molecule has 0 radical (unpaired) electrons. The van der Waals surface area contributed by atoms with Crippen LogP contribution in [-0.2, 0) is 6.42 Å². The Balaban J connectivity index is 2.57. The van der Waals surface area contributed by atoms with Crippen LogP contribution in [0, 0.1) is 0 Å². The molecule has 0 bridgehead atoms. The molecule has 1 rings (SSSR count). The van der Waals surface area contributed by atoms with Crippen molar-refractivity contribution < 1.29 is 4.74 Å². The normalized spacial score (nSPS) is 12.8. The van der Waals surface area contributed by atoms with Gasteiger partial charge in [0, 0.05) is 12.6 Å². The molecule has 0 saturated carbocycles. The number of benzene rings is 1. The highest BCUT2D eigenvalue weighted by molar-refractivity contribution is 6.32. The van der Waals surface area contributed by atoms with E-state index >= 15 is 0 Å². The molecular weight excluding hydrogens is 236 g/mol. The first kappa shape index (κ1) is 14.3. The summed E-state index contributed by atoms with van der Waals surface area (Å²) in [4.78, 5) is 2.07. The van der Waals surface area contributed by atoms with Gasteiger partial charge in [-0.1, -0.05) is 17.7 Å². The SMILES string of the molecule is CC(N)Cc1ccc(OCCN(C)C)c(Cl)c1. The largest absolute Gasteiger partial charge is 0.491 e. The summed E-state index contributed by atoms with van der Waals surface area (Å²) in [6, 6.07) is 6.00. The lowest BCUT2D eigenvalue weighted by atomic mass is 10.1. The van der Waals surface area contributed by atoms with E-state index in [1.807, 2.05) is 39.2 Å². The predicted molar refractivity (Wildman–Crippen MR) is 72.9 cm³/mol. The number of likely N-dealkylation sites (N-methyl/N-ethyl adjacent to an activating group) is 1. The third-order valence-electron chi connectivity index (χ3n) is 2.35. The van der Waals surface area contributed by atoms with Crippen LogP contribution >= 0.6 is 11.6 Å². The van der Waals surface area contributed by atoms with Crippen LogP contribution < -0.4 is 10.5 Å².